The van der Waals surface area contributed by atoms with E-state index in [-0.39, 0.29) is 11.1 Å². The van der Waals surface area contributed by atoms with Crippen molar-refractivity contribution in [3.05, 3.63) is 106 Å². The maximum Gasteiger partial charge on any atom is 0.335 e. The number of fused-ring (bicyclic) bond motifs is 1. The first-order valence-corrected chi connectivity index (χ1v) is 9.79. The number of aromatic nitrogens is 2. The highest BCUT2D eigenvalue weighted by atomic mass is 16.4. The van der Waals surface area contributed by atoms with Crippen LogP contribution >= 0.6 is 0 Å². The van der Waals surface area contributed by atoms with Crippen molar-refractivity contribution < 1.29 is 19.8 Å². The van der Waals surface area contributed by atoms with Crippen LogP contribution < -0.4 is 0 Å². The number of carbonyl (C=O) groups is 2. The van der Waals surface area contributed by atoms with E-state index in [9.17, 15) is 9.59 Å². The first-order valence-electron chi connectivity index (χ1n) is 9.79. The fraction of sp³-hybridized carbons (Fsp3) is 0. The summed E-state index contributed by atoms with van der Waals surface area (Å²) in [6, 6.07) is 20.7. The van der Waals surface area contributed by atoms with E-state index in [0.29, 0.717) is 11.4 Å². The van der Waals surface area contributed by atoms with E-state index in [1.54, 1.807) is 48.5 Å². The number of hydrogen-bond acceptors (Lipinski definition) is 4. The highest BCUT2D eigenvalue weighted by Crippen LogP contribution is 2.18. The highest BCUT2D eigenvalue weighted by molar-refractivity contribution is 5.89. The number of carboxylic acid groups (broad SMARTS) is 2. The van der Waals surface area contributed by atoms with Crippen molar-refractivity contribution in [2.75, 3.05) is 0 Å². The minimum absolute atomic E-state index is 0.227. The number of nitrogens with zero attached hydrogens (tertiary/aromatic N) is 2. The first kappa shape index (κ1) is 20.7. The van der Waals surface area contributed by atoms with Crippen molar-refractivity contribution in [2.45, 2.75) is 0 Å². The van der Waals surface area contributed by atoms with Gasteiger partial charge in [0, 0.05) is 0 Å². The second-order valence-electron chi connectivity index (χ2n) is 7.00. The van der Waals surface area contributed by atoms with Gasteiger partial charge in [0.25, 0.3) is 0 Å². The predicted octanol–water partition coefficient (Wildman–Crippen LogP) is 5.37. The Bertz CT molecular complexity index is 1250. The lowest BCUT2D eigenvalue weighted by molar-refractivity contribution is 0.0686. The van der Waals surface area contributed by atoms with Crippen molar-refractivity contribution in [2.24, 2.45) is 0 Å². The molecule has 0 aliphatic heterocycles. The zero-order valence-corrected chi connectivity index (χ0v) is 16.8. The Balaban J connectivity index is 1.68. The van der Waals surface area contributed by atoms with Gasteiger partial charge >= 0.3 is 11.9 Å². The Kier molecular flexibility index (Phi) is 5.85. The molecule has 0 unspecified atom stereocenters. The molecular weight excluding hydrogens is 404 g/mol. The van der Waals surface area contributed by atoms with Crippen LogP contribution in [0, 0.1) is 0 Å². The SMILES string of the molecule is O=C(O)c1ccc(C=Cc2nc3ccccc3nc2C=Cc2ccc(C(=O)O)cc2)cc1. The lowest BCUT2D eigenvalue weighted by atomic mass is 10.1. The van der Waals surface area contributed by atoms with Gasteiger partial charge in [-0.3, -0.25) is 0 Å². The molecule has 0 amide bonds. The predicted molar refractivity (Wildman–Crippen MR) is 124 cm³/mol. The smallest absolute Gasteiger partial charge is 0.335 e. The molecule has 1 aromatic heterocycles. The average molecular weight is 422 g/mol. The van der Waals surface area contributed by atoms with E-state index in [4.69, 9.17) is 20.2 Å². The molecule has 0 fully saturated rings. The summed E-state index contributed by atoms with van der Waals surface area (Å²) in [6.07, 6.45) is 7.37. The van der Waals surface area contributed by atoms with Crippen LogP contribution in [0.5, 0.6) is 0 Å². The van der Waals surface area contributed by atoms with Crippen LogP contribution in [0.1, 0.15) is 43.2 Å². The van der Waals surface area contributed by atoms with Crippen molar-refractivity contribution in [3.8, 4) is 0 Å². The van der Waals surface area contributed by atoms with Gasteiger partial charge in [-0.2, -0.15) is 0 Å². The molecule has 0 radical (unpaired) electrons. The van der Waals surface area contributed by atoms with E-state index in [1.807, 2.05) is 48.6 Å². The molecule has 0 saturated carbocycles. The Morgan fingerprint density at radius 1 is 0.562 bits per heavy atom. The van der Waals surface area contributed by atoms with Crippen LogP contribution in [0.2, 0.25) is 0 Å². The second-order valence-corrected chi connectivity index (χ2v) is 7.00. The van der Waals surface area contributed by atoms with Crippen molar-refractivity contribution in [1.29, 1.82) is 0 Å². The van der Waals surface area contributed by atoms with Crippen LogP contribution in [-0.2, 0) is 0 Å². The fourth-order valence-electron chi connectivity index (χ4n) is 3.10. The Morgan fingerprint density at radius 3 is 1.28 bits per heavy atom. The number of carboxylic acids is 2. The van der Waals surface area contributed by atoms with Crippen LogP contribution in [0.4, 0.5) is 0 Å². The molecule has 3 aromatic carbocycles. The molecule has 6 heteroatoms. The van der Waals surface area contributed by atoms with Gasteiger partial charge in [0.15, 0.2) is 0 Å². The van der Waals surface area contributed by atoms with E-state index in [0.717, 1.165) is 22.2 Å². The summed E-state index contributed by atoms with van der Waals surface area (Å²) >= 11 is 0. The molecule has 0 spiro atoms. The molecule has 0 saturated heterocycles. The number of aromatic carboxylic acids is 2. The highest BCUT2D eigenvalue weighted by Gasteiger charge is 2.06. The lowest BCUT2D eigenvalue weighted by Crippen LogP contribution is -1.95. The summed E-state index contributed by atoms with van der Waals surface area (Å²) in [5.41, 5.74) is 4.96. The largest absolute Gasteiger partial charge is 0.478 e. The van der Waals surface area contributed by atoms with Gasteiger partial charge < -0.3 is 10.2 Å². The number of benzene rings is 3. The quantitative estimate of drug-likeness (QED) is 0.433. The summed E-state index contributed by atoms with van der Waals surface area (Å²) in [6.45, 7) is 0. The minimum Gasteiger partial charge on any atom is -0.478 e. The number of para-hydroxylation sites is 2. The summed E-state index contributed by atoms with van der Waals surface area (Å²) in [4.78, 5) is 31.5. The Morgan fingerprint density at radius 2 is 0.938 bits per heavy atom. The molecule has 4 rings (SSSR count). The van der Waals surface area contributed by atoms with Gasteiger partial charge in [-0.05, 0) is 59.7 Å². The van der Waals surface area contributed by atoms with Gasteiger partial charge in [-0.15, -0.1) is 0 Å². The van der Waals surface area contributed by atoms with Crippen LogP contribution in [0.15, 0.2) is 72.8 Å². The molecule has 0 aliphatic rings. The summed E-state index contributed by atoms with van der Waals surface area (Å²) < 4.78 is 0. The van der Waals surface area contributed by atoms with Gasteiger partial charge in [-0.1, -0.05) is 48.6 Å². The average Bonchev–Trinajstić information content (AvgIpc) is 2.81. The molecule has 0 atom stereocenters. The summed E-state index contributed by atoms with van der Waals surface area (Å²) in [7, 11) is 0. The van der Waals surface area contributed by atoms with Gasteiger partial charge in [0.2, 0.25) is 0 Å². The van der Waals surface area contributed by atoms with Crippen LogP contribution in [-0.4, -0.2) is 32.1 Å². The molecular formula is C26H18N2O4. The Labute approximate surface area is 183 Å². The minimum atomic E-state index is -0.968. The summed E-state index contributed by atoms with van der Waals surface area (Å²) in [5.74, 6) is -1.94. The number of hydrogen-bond donors (Lipinski definition) is 2. The van der Waals surface area contributed by atoms with E-state index < -0.39 is 11.9 Å². The topological polar surface area (TPSA) is 100 Å². The third kappa shape index (κ3) is 4.76. The van der Waals surface area contributed by atoms with E-state index >= 15 is 0 Å². The van der Waals surface area contributed by atoms with Crippen molar-refractivity contribution in [1.82, 2.24) is 9.97 Å². The third-order valence-electron chi connectivity index (χ3n) is 4.81. The maximum atomic E-state index is 11.0. The third-order valence-corrected chi connectivity index (χ3v) is 4.81. The molecule has 32 heavy (non-hydrogen) atoms. The molecule has 4 aromatic rings. The molecule has 2 N–H and O–H groups in total. The monoisotopic (exact) mass is 422 g/mol. The van der Waals surface area contributed by atoms with Crippen molar-refractivity contribution in [3.63, 3.8) is 0 Å². The van der Waals surface area contributed by atoms with E-state index in [2.05, 4.69) is 0 Å². The van der Waals surface area contributed by atoms with Crippen molar-refractivity contribution >= 4 is 47.3 Å². The van der Waals surface area contributed by atoms with Crippen LogP contribution in [0.3, 0.4) is 0 Å². The maximum absolute atomic E-state index is 11.0. The van der Waals surface area contributed by atoms with Gasteiger partial charge in [0.1, 0.15) is 0 Å². The molecule has 1 heterocycles. The first-order chi connectivity index (χ1) is 15.5. The molecule has 6 nitrogen and oxygen atoms in total. The van der Waals surface area contributed by atoms with Gasteiger partial charge in [-0.25, -0.2) is 19.6 Å². The molecule has 0 aliphatic carbocycles. The molecule has 0 bridgehead atoms. The lowest BCUT2D eigenvalue weighted by Gasteiger charge is -2.04. The fourth-order valence-corrected chi connectivity index (χ4v) is 3.10. The zero-order valence-electron chi connectivity index (χ0n) is 16.8. The molecule has 156 valence electrons. The number of rotatable bonds is 6. The normalized spacial score (nSPS) is 11.4. The Hall–Kier alpha value is -4.58. The zero-order chi connectivity index (χ0) is 22.5. The van der Waals surface area contributed by atoms with Crippen LogP contribution in [0.25, 0.3) is 35.3 Å². The van der Waals surface area contributed by atoms with E-state index in [1.165, 1.54) is 0 Å². The summed E-state index contributed by atoms with van der Waals surface area (Å²) in [5, 5.41) is 18.1. The standard InChI is InChI=1S/C26H18N2O4/c29-25(30)19-11-5-17(6-12-19)9-15-23-24(28-22-4-2-1-3-21(22)27-23)16-10-18-7-13-20(14-8-18)26(31)32/h1-16H,(H,29,30)(H,31,32). The van der Waals surface area contributed by atoms with Gasteiger partial charge in [0.05, 0.1) is 33.5 Å². The second kappa shape index (κ2) is 9.06.